The Morgan fingerprint density at radius 3 is 3.27 bits per heavy atom. The van der Waals surface area contributed by atoms with Gasteiger partial charge in [-0.15, -0.1) is 0 Å². The quantitative estimate of drug-likeness (QED) is 0.442. The highest BCUT2D eigenvalue weighted by atomic mass is 16.6. The first-order valence-corrected chi connectivity index (χ1v) is 3.40. The molecule has 0 aliphatic carbocycles. The van der Waals surface area contributed by atoms with E-state index in [1.54, 1.807) is 12.2 Å². The van der Waals surface area contributed by atoms with E-state index >= 15 is 0 Å². The van der Waals surface area contributed by atoms with Gasteiger partial charge in [0.2, 0.25) is 0 Å². The van der Waals surface area contributed by atoms with E-state index in [-0.39, 0.29) is 12.6 Å². The Labute approximate surface area is 65.3 Å². The monoisotopic (exact) mass is 154 g/mol. The molecule has 0 radical (unpaired) electrons. The third-order valence-electron chi connectivity index (χ3n) is 1.26. The summed E-state index contributed by atoms with van der Waals surface area (Å²) in [4.78, 5) is 11.0. The first kappa shape index (κ1) is 8.01. The van der Waals surface area contributed by atoms with E-state index in [9.17, 15) is 4.79 Å². The van der Waals surface area contributed by atoms with Crippen molar-refractivity contribution in [3.8, 4) is 0 Å². The fraction of sp³-hybridized carbons (Fsp3) is 0.375. The Hall–Kier alpha value is -1.09. The molecular weight excluding hydrogens is 144 g/mol. The van der Waals surface area contributed by atoms with Crippen LogP contribution in [-0.2, 0) is 14.3 Å². The summed E-state index contributed by atoms with van der Waals surface area (Å²) in [5.74, 6) is -0.348. The van der Waals surface area contributed by atoms with Crippen molar-refractivity contribution in [1.29, 1.82) is 0 Å². The van der Waals surface area contributed by atoms with Gasteiger partial charge in [0.05, 0.1) is 6.61 Å². The molecule has 60 valence electrons. The maximum Gasteiger partial charge on any atom is 0.339 e. The lowest BCUT2D eigenvalue weighted by molar-refractivity contribution is -0.151. The summed E-state index contributed by atoms with van der Waals surface area (Å²) in [6, 6.07) is 0. The average molecular weight is 154 g/mol. The highest BCUT2D eigenvalue weighted by Gasteiger charge is 2.19. The Morgan fingerprint density at radius 1 is 1.91 bits per heavy atom. The summed E-state index contributed by atoms with van der Waals surface area (Å²) in [5.41, 5.74) is 0. The number of carbonyl (C=O) groups is 1. The van der Waals surface area contributed by atoms with Crippen LogP contribution in [0.5, 0.6) is 0 Å². The van der Waals surface area contributed by atoms with Crippen LogP contribution in [-0.4, -0.2) is 25.3 Å². The summed E-state index contributed by atoms with van der Waals surface area (Å²) in [7, 11) is 0. The van der Waals surface area contributed by atoms with Gasteiger partial charge in [-0.1, -0.05) is 18.7 Å². The largest absolute Gasteiger partial charge is 0.459 e. The molecule has 0 amide bonds. The molecule has 0 bridgehead atoms. The van der Waals surface area contributed by atoms with E-state index in [4.69, 9.17) is 9.47 Å². The third-order valence-corrected chi connectivity index (χ3v) is 1.26. The zero-order valence-electron chi connectivity index (χ0n) is 6.16. The second-order valence-corrected chi connectivity index (χ2v) is 2.10. The van der Waals surface area contributed by atoms with Crippen LogP contribution in [0.25, 0.3) is 0 Å². The Morgan fingerprint density at radius 2 is 2.73 bits per heavy atom. The maximum absolute atomic E-state index is 11.0. The Balaban J connectivity index is 2.29. The molecule has 0 aromatic rings. The summed E-state index contributed by atoms with van der Waals surface area (Å²) < 4.78 is 9.73. The van der Waals surface area contributed by atoms with Crippen LogP contribution < -0.4 is 0 Å². The molecule has 0 fully saturated rings. The van der Waals surface area contributed by atoms with Crippen molar-refractivity contribution in [3.63, 3.8) is 0 Å². The molecule has 1 atom stereocenters. The summed E-state index contributed by atoms with van der Waals surface area (Å²) in [6.07, 6.45) is 4.50. The average Bonchev–Trinajstić information content (AvgIpc) is 2.52. The van der Waals surface area contributed by atoms with Crippen LogP contribution in [0.15, 0.2) is 24.8 Å². The minimum atomic E-state index is -0.505. The van der Waals surface area contributed by atoms with Crippen molar-refractivity contribution in [3.05, 3.63) is 24.8 Å². The first-order chi connectivity index (χ1) is 5.34. The number of carbonyl (C=O) groups excluding carboxylic acids is 1. The number of hydrogen-bond acceptors (Lipinski definition) is 3. The summed E-state index contributed by atoms with van der Waals surface area (Å²) in [5, 5.41) is 0. The normalized spacial score (nSPS) is 21.6. The second kappa shape index (κ2) is 3.93. The van der Waals surface area contributed by atoms with Gasteiger partial charge in [0, 0.05) is 0 Å². The van der Waals surface area contributed by atoms with Gasteiger partial charge >= 0.3 is 5.97 Å². The molecule has 1 unspecified atom stereocenters. The lowest BCUT2D eigenvalue weighted by Gasteiger charge is -2.06. The van der Waals surface area contributed by atoms with Gasteiger partial charge in [-0.05, 0) is 6.08 Å². The molecule has 0 saturated heterocycles. The molecule has 3 heteroatoms. The predicted octanol–water partition coefficient (Wildman–Crippen LogP) is 0.671. The minimum Gasteiger partial charge on any atom is -0.459 e. The lowest BCUT2D eigenvalue weighted by atomic mass is 10.3. The van der Waals surface area contributed by atoms with Crippen LogP contribution in [0.1, 0.15) is 0 Å². The van der Waals surface area contributed by atoms with Crippen LogP contribution in [0.4, 0.5) is 0 Å². The molecule has 0 aromatic carbocycles. The molecule has 0 saturated carbocycles. The predicted molar refractivity (Wildman–Crippen MR) is 40.0 cm³/mol. The van der Waals surface area contributed by atoms with Crippen molar-refractivity contribution in [2.45, 2.75) is 6.10 Å². The molecule has 1 aliphatic rings. The van der Waals surface area contributed by atoms with Crippen molar-refractivity contribution in [2.75, 3.05) is 13.2 Å². The topological polar surface area (TPSA) is 35.5 Å². The van der Waals surface area contributed by atoms with Crippen molar-refractivity contribution >= 4 is 5.97 Å². The smallest absolute Gasteiger partial charge is 0.339 e. The number of hydrogen-bond donors (Lipinski definition) is 0. The summed E-state index contributed by atoms with van der Waals surface area (Å²) in [6.45, 7) is 4.16. The van der Waals surface area contributed by atoms with Gasteiger partial charge in [-0.25, -0.2) is 4.79 Å². The van der Waals surface area contributed by atoms with Crippen molar-refractivity contribution in [1.82, 2.24) is 0 Å². The van der Waals surface area contributed by atoms with Gasteiger partial charge in [-0.3, -0.25) is 0 Å². The second-order valence-electron chi connectivity index (χ2n) is 2.10. The number of rotatable bonds is 3. The molecule has 11 heavy (non-hydrogen) atoms. The van der Waals surface area contributed by atoms with E-state index in [0.717, 1.165) is 0 Å². The fourth-order valence-electron chi connectivity index (χ4n) is 0.764. The number of ether oxygens (including phenoxy) is 2. The molecule has 1 aliphatic heterocycles. The van der Waals surface area contributed by atoms with Crippen LogP contribution in [0.3, 0.4) is 0 Å². The van der Waals surface area contributed by atoms with Crippen molar-refractivity contribution < 1.29 is 14.3 Å². The SMILES string of the molecule is C=CCOC(=O)C1C=CCO1. The van der Waals surface area contributed by atoms with Gasteiger partial charge < -0.3 is 9.47 Å². The first-order valence-electron chi connectivity index (χ1n) is 3.40. The third kappa shape index (κ3) is 2.20. The molecule has 1 rings (SSSR count). The Bertz CT molecular complexity index is 184. The van der Waals surface area contributed by atoms with E-state index < -0.39 is 6.10 Å². The van der Waals surface area contributed by atoms with E-state index in [0.29, 0.717) is 6.61 Å². The van der Waals surface area contributed by atoms with Gasteiger partial charge in [-0.2, -0.15) is 0 Å². The highest BCUT2D eigenvalue weighted by Crippen LogP contribution is 2.04. The Kier molecular flexibility index (Phi) is 2.86. The van der Waals surface area contributed by atoms with E-state index in [1.165, 1.54) is 6.08 Å². The zero-order chi connectivity index (χ0) is 8.10. The number of esters is 1. The van der Waals surface area contributed by atoms with Crippen LogP contribution in [0, 0.1) is 0 Å². The zero-order valence-corrected chi connectivity index (χ0v) is 6.16. The lowest BCUT2D eigenvalue weighted by Crippen LogP contribution is -2.21. The summed E-state index contributed by atoms with van der Waals surface area (Å²) >= 11 is 0. The molecular formula is C8H10O3. The molecule has 1 heterocycles. The maximum atomic E-state index is 11.0. The van der Waals surface area contributed by atoms with Gasteiger partial charge in [0.15, 0.2) is 6.10 Å². The van der Waals surface area contributed by atoms with Gasteiger partial charge in [0.1, 0.15) is 6.61 Å². The van der Waals surface area contributed by atoms with Gasteiger partial charge in [0.25, 0.3) is 0 Å². The van der Waals surface area contributed by atoms with Crippen LogP contribution >= 0.6 is 0 Å². The molecule has 0 spiro atoms. The van der Waals surface area contributed by atoms with E-state index in [2.05, 4.69) is 6.58 Å². The molecule has 0 N–H and O–H groups in total. The molecule has 0 aromatic heterocycles. The fourth-order valence-corrected chi connectivity index (χ4v) is 0.764. The standard InChI is InChI=1S/C8H10O3/c1-2-5-11-8(9)7-4-3-6-10-7/h2-4,7H,1,5-6H2. The minimum absolute atomic E-state index is 0.243. The van der Waals surface area contributed by atoms with Crippen LogP contribution in [0.2, 0.25) is 0 Å². The van der Waals surface area contributed by atoms with Crippen molar-refractivity contribution in [2.24, 2.45) is 0 Å². The van der Waals surface area contributed by atoms with E-state index in [1.807, 2.05) is 0 Å². The highest BCUT2D eigenvalue weighted by molar-refractivity contribution is 5.77. The molecule has 3 nitrogen and oxygen atoms in total.